The average Bonchev–Trinajstić information content (AvgIpc) is 3.13. The Morgan fingerprint density at radius 3 is 2.80 bits per heavy atom. The zero-order valence-electron chi connectivity index (χ0n) is 14.5. The number of thiazole rings is 1. The maximum Gasteiger partial charge on any atom is 0.191 e. The van der Waals surface area contributed by atoms with Crippen LogP contribution in [0.5, 0.6) is 0 Å². The predicted octanol–water partition coefficient (Wildman–Crippen LogP) is 3.08. The van der Waals surface area contributed by atoms with Crippen molar-refractivity contribution in [3.05, 3.63) is 50.3 Å². The number of imidazole rings is 1. The Hall–Kier alpha value is -1.93. The van der Waals surface area contributed by atoms with Crippen LogP contribution in [0.3, 0.4) is 0 Å². The molecule has 132 valence electrons. The Balaban J connectivity index is 1.51. The number of guanidine groups is 1. The smallest absolute Gasteiger partial charge is 0.191 e. The fraction of sp³-hybridized carbons (Fsp3) is 0.353. The molecule has 25 heavy (non-hydrogen) atoms. The average molecular weight is 421 g/mol. The van der Waals surface area contributed by atoms with Gasteiger partial charge in [-0.15, -0.1) is 11.3 Å². The third-order valence-corrected chi connectivity index (χ3v) is 5.43. The summed E-state index contributed by atoms with van der Waals surface area (Å²) in [6.07, 6.45) is 4.90. The number of aliphatic imine (C=N–C) groups is 1. The molecule has 0 spiro atoms. The van der Waals surface area contributed by atoms with Gasteiger partial charge in [0.25, 0.3) is 0 Å². The molecule has 0 unspecified atom stereocenters. The zero-order chi connectivity index (χ0) is 17.8. The normalized spacial score (nSPS) is 11.9. The van der Waals surface area contributed by atoms with E-state index < -0.39 is 0 Å². The van der Waals surface area contributed by atoms with Crippen molar-refractivity contribution in [3.8, 4) is 0 Å². The molecule has 0 aliphatic carbocycles. The molecule has 0 aromatic carbocycles. The Morgan fingerprint density at radius 1 is 1.24 bits per heavy atom. The molecule has 0 aliphatic rings. The maximum absolute atomic E-state index is 4.59. The Bertz CT molecular complexity index is 878. The van der Waals surface area contributed by atoms with E-state index in [4.69, 9.17) is 0 Å². The van der Waals surface area contributed by atoms with Gasteiger partial charge in [0, 0.05) is 41.8 Å². The SMILES string of the molecule is CN=C(NCCc1nc(C)c(C)s1)NCc1cn2cc(Br)ccc2n1. The standard InChI is InChI=1S/C17H21BrN6S/c1-11-12(2)25-16(22-11)6-7-20-17(19-3)21-8-14-10-24-9-13(18)4-5-15(24)23-14/h4-5,9-10H,6-8H2,1-3H3,(H2,19,20,21). The fourth-order valence-electron chi connectivity index (χ4n) is 2.43. The second kappa shape index (κ2) is 7.97. The summed E-state index contributed by atoms with van der Waals surface area (Å²) in [5.41, 5.74) is 3.02. The molecule has 8 heteroatoms. The number of fused-ring (bicyclic) bond motifs is 1. The van der Waals surface area contributed by atoms with Gasteiger partial charge in [-0.3, -0.25) is 4.99 Å². The zero-order valence-corrected chi connectivity index (χ0v) is 16.9. The van der Waals surface area contributed by atoms with Crippen molar-refractivity contribution in [2.24, 2.45) is 4.99 Å². The highest BCUT2D eigenvalue weighted by molar-refractivity contribution is 9.10. The Labute approximate surface area is 159 Å². The van der Waals surface area contributed by atoms with Crippen molar-refractivity contribution >= 4 is 38.9 Å². The number of hydrogen-bond donors (Lipinski definition) is 2. The van der Waals surface area contributed by atoms with Gasteiger partial charge < -0.3 is 15.0 Å². The lowest BCUT2D eigenvalue weighted by Crippen LogP contribution is -2.37. The van der Waals surface area contributed by atoms with Gasteiger partial charge >= 0.3 is 0 Å². The quantitative estimate of drug-likeness (QED) is 0.491. The summed E-state index contributed by atoms with van der Waals surface area (Å²) in [6, 6.07) is 3.97. The number of halogens is 1. The number of pyridine rings is 1. The molecule has 0 bridgehead atoms. The van der Waals surface area contributed by atoms with Gasteiger partial charge in [-0.2, -0.15) is 0 Å². The van der Waals surface area contributed by atoms with E-state index in [1.54, 1.807) is 18.4 Å². The van der Waals surface area contributed by atoms with Crippen LogP contribution in [0.2, 0.25) is 0 Å². The van der Waals surface area contributed by atoms with Crippen molar-refractivity contribution in [1.82, 2.24) is 25.0 Å². The number of nitrogens with zero attached hydrogens (tertiary/aromatic N) is 4. The van der Waals surface area contributed by atoms with Gasteiger partial charge in [-0.25, -0.2) is 9.97 Å². The Morgan fingerprint density at radius 2 is 2.08 bits per heavy atom. The van der Waals surface area contributed by atoms with E-state index in [0.29, 0.717) is 6.54 Å². The second-order valence-electron chi connectivity index (χ2n) is 5.70. The molecule has 0 amide bonds. The van der Waals surface area contributed by atoms with Gasteiger partial charge in [0.05, 0.1) is 22.9 Å². The molecule has 3 aromatic rings. The summed E-state index contributed by atoms with van der Waals surface area (Å²) >= 11 is 5.23. The van der Waals surface area contributed by atoms with Gasteiger partial charge in [0.15, 0.2) is 5.96 Å². The number of aryl methyl sites for hydroxylation is 2. The summed E-state index contributed by atoms with van der Waals surface area (Å²) in [5, 5.41) is 7.78. The molecule has 0 radical (unpaired) electrons. The van der Waals surface area contributed by atoms with Gasteiger partial charge in [0.2, 0.25) is 0 Å². The van der Waals surface area contributed by atoms with E-state index in [-0.39, 0.29) is 0 Å². The minimum Gasteiger partial charge on any atom is -0.356 e. The highest BCUT2D eigenvalue weighted by Gasteiger charge is 2.06. The third kappa shape index (κ3) is 4.58. The minimum atomic E-state index is 0.619. The molecule has 3 rings (SSSR count). The molecular formula is C17H21BrN6S. The fourth-order valence-corrected chi connectivity index (χ4v) is 3.72. The van der Waals surface area contributed by atoms with Crippen LogP contribution in [-0.2, 0) is 13.0 Å². The van der Waals surface area contributed by atoms with Crippen LogP contribution in [0.1, 0.15) is 21.3 Å². The van der Waals surface area contributed by atoms with E-state index in [2.05, 4.69) is 55.4 Å². The monoisotopic (exact) mass is 420 g/mol. The van der Waals surface area contributed by atoms with Gasteiger partial charge in [-0.1, -0.05) is 0 Å². The summed E-state index contributed by atoms with van der Waals surface area (Å²) in [7, 11) is 1.77. The number of hydrogen-bond acceptors (Lipinski definition) is 4. The first-order chi connectivity index (χ1) is 12.0. The van der Waals surface area contributed by atoms with Crippen LogP contribution in [0.15, 0.2) is 34.0 Å². The van der Waals surface area contributed by atoms with Crippen LogP contribution >= 0.6 is 27.3 Å². The van der Waals surface area contributed by atoms with E-state index in [9.17, 15) is 0 Å². The molecule has 0 saturated carbocycles. The van der Waals surface area contributed by atoms with Crippen molar-refractivity contribution in [2.75, 3.05) is 13.6 Å². The first kappa shape index (κ1) is 17.9. The van der Waals surface area contributed by atoms with Crippen LogP contribution in [0.25, 0.3) is 5.65 Å². The topological polar surface area (TPSA) is 66.6 Å². The summed E-state index contributed by atoms with van der Waals surface area (Å²) in [5.74, 6) is 0.767. The van der Waals surface area contributed by atoms with Crippen molar-refractivity contribution < 1.29 is 0 Å². The molecule has 0 atom stereocenters. The lowest BCUT2D eigenvalue weighted by atomic mass is 10.4. The van der Waals surface area contributed by atoms with E-state index in [1.807, 2.05) is 28.9 Å². The number of rotatable bonds is 5. The van der Waals surface area contributed by atoms with Crippen molar-refractivity contribution in [3.63, 3.8) is 0 Å². The van der Waals surface area contributed by atoms with Gasteiger partial charge in [-0.05, 0) is 41.9 Å². The van der Waals surface area contributed by atoms with Crippen LogP contribution < -0.4 is 10.6 Å². The lowest BCUT2D eigenvalue weighted by molar-refractivity contribution is 0.783. The first-order valence-electron chi connectivity index (χ1n) is 8.05. The molecule has 0 aliphatic heterocycles. The van der Waals surface area contributed by atoms with Crippen LogP contribution in [0.4, 0.5) is 0 Å². The highest BCUT2D eigenvalue weighted by atomic mass is 79.9. The predicted molar refractivity (Wildman–Crippen MR) is 106 cm³/mol. The molecule has 6 nitrogen and oxygen atoms in total. The maximum atomic E-state index is 4.59. The van der Waals surface area contributed by atoms with E-state index >= 15 is 0 Å². The molecule has 3 heterocycles. The first-order valence-corrected chi connectivity index (χ1v) is 9.66. The third-order valence-electron chi connectivity index (χ3n) is 3.83. The molecule has 0 saturated heterocycles. The second-order valence-corrected chi connectivity index (χ2v) is 7.90. The van der Waals surface area contributed by atoms with Crippen molar-refractivity contribution in [1.29, 1.82) is 0 Å². The van der Waals surface area contributed by atoms with Gasteiger partial charge in [0.1, 0.15) is 5.65 Å². The summed E-state index contributed by atoms with van der Waals surface area (Å²) < 4.78 is 3.03. The molecule has 0 fully saturated rings. The number of nitrogens with one attached hydrogen (secondary N) is 2. The van der Waals surface area contributed by atoms with Crippen molar-refractivity contribution in [2.45, 2.75) is 26.8 Å². The largest absolute Gasteiger partial charge is 0.356 e. The highest BCUT2D eigenvalue weighted by Crippen LogP contribution is 2.16. The Kier molecular flexibility index (Phi) is 5.70. The molecule has 3 aromatic heterocycles. The molecule has 2 N–H and O–H groups in total. The van der Waals surface area contributed by atoms with E-state index in [0.717, 1.165) is 45.4 Å². The minimum absolute atomic E-state index is 0.619. The number of aromatic nitrogens is 3. The summed E-state index contributed by atoms with van der Waals surface area (Å²) in [6.45, 7) is 5.58. The summed E-state index contributed by atoms with van der Waals surface area (Å²) in [4.78, 5) is 14.7. The van der Waals surface area contributed by atoms with E-state index in [1.165, 1.54) is 4.88 Å². The lowest BCUT2D eigenvalue weighted by Gasteiger charge is -2.10. The van der Waals surface area contributed by atoms with Crippen LogP contribution in [0, 0.1) is 13.8 Å². The van der Waals surface area contributed by atoms with Crippen LogP contribution in [-0.4, -0.2) is 33.9 Å². The molecular weight excluding hydrogens is 400 g/mol.